The van der Waals surface area contributed by atoms with Crippen molar-refractivity contribution in [2.24, 2.45) is 0 Å². The lowest BCUT2D eigenvalue weighted by atomic mass is 10.1. The first-order valence-corrected chi connectivity index (χ1v) is 11.5. The number of aryl methyl sites for hydroxylation is 1. The Hall–Kier alpha value is -2.62. The van der Waals surface area contributed by atoms with Crippen LogP contribution in [0, 0.1) is 6.92 Å². The molecule has 0 amide bonds. The topological polar surface area (TPSA) is 97.8 Å². The highest BCUT2D eigenvalue weighted by atomic mass is 32.2. The molecule has 1 aromatic carbocycles. The summed E-state index contributed by atoms with van der Waals surface area (Å²) in [5.41, 5.74) is 1.16. The zero-order valence-electron chi connectivity index (χ0n) is 18.5. The lowest BCUT2D eigenvalue weighted by Crippen LogP contribution is -2.45. The number of methoxy groups -OCH3 is 1. The summed E-state index contributed by atoms with van der Waals surface area (Å²) in [5, 5.41) is 3.87. The van der Waals surface area contributed by atoms with Crippen LogP contribution in [0.15, 0.2) is 56.5 Å². The highest BCUT2D eigenvalue weighted by molar-refractivity contribution is 7.89. The second kappa shape index (κ2) is 9.25. The number of nitrogens with zero attached hydrogens (tertiary/aromatic N) is 2. The van der Waals surface area contributed by atoms with E-state index in [0.29, 0.717) is 30.1 Å². The monoisotopic (exact) mass is 447 g/mol. The fourth-order valence-corrected chi connectivity index (χ4v) is 4.39. The van der Waals surface area contributed by atoms with Gasteiger partial charge in [0.15, 0.2) is 5.76 Å². The van der Waals surface area contributed by atoms with E-state index < -0.39 is 10.0 Å². The number of sulfonamides is 1. The van der Waals surface area contributed by atoms with E-state index in [1.54, 1.807) is 31.4 Å². The van der Waals surface area contributed by atoms with Gasteiger partial charge in [-0.2, -0.15) is 0 Å². The fourth-order valence-electron chi connectivity index (χ4n) is 3.17. The number of nitrogens with one attached hydrogen (secondary N) is 1. The Morgan fingerprint density at radius 1 is 1.19 bits per heavy atom. The minimum absolute atomic E-state index is 0.0508. The van der Waals surface area contributed by atoms with Gasteiger partial charge in [0.1, 0.15) is 16.4 Å². The maximum atomic E-state index is 13.1. The van der Waals surface area contributed by atoms with Crippen molar-refractivity contribution in [3.05, 3.63) is 54.1 Å². The molecular formula is C22H29N3O5S. The number of hydrogen-bond acceptors (Lipinski definition) is 7. The molecule has 0 aliphatic carbocycles. The quantitative estimate of drug-likeness (QED) is 0.532. The molecule has 1 N–H and O–H groups in total. The van der Waals surface area contributed by atoms with E-state index in [9.17, 15) is 8.42 Å². The van der Waals surface area contributed by atoms with Crippen LogP contribution in [-0.4, -0.2) is 44.2 Å². The number of hydrogen-bond donors (Lipinski definition) is 1. The molecule has 31 heavy (non-hydrogen) atoms. The van der Waals surface area contributed by atoms with Crippen molar-refractivity contribution in [3.63, 3.8) is 0 Å². The van der Waals surface area contributed by atoms with Crippen molar-refractivity contribution in [1.29, 1.82) is 0 Å². The van der Waals surface area contributed by atoms with Gasteiger partial charge in [-0.1, -0.05) is 5.16 Å². The van der Waals surface area contributed by atoms with Crippen LogP contribution in [0.25, 0.3) is 11.3 Å². The Morgan fingerprint density at radius 2 is 1.97 bits per heavy atom. The lowest BCUT2D eigenvalue weighted by molar-refractivity contribution is 0.120. The molecule has 2 heterocycles. The summed E-state index contributed by atoms with van der Waals surface area (Å²) >= 11 is 0. The highest BCUT2D eigenvalue weighted by Crippen LogP contribution is 2.30. The molecule has 0 spiro atoms. The summed E-state index contributed by atoms with van der Waals surface area (Å²) in [5.74, 6) is 1.58. The SMILES string of the molecule is COc1ccc(-c2cc(C)no2)cc1S(=O)(=O)NCCN(Cc1ccco1)C(C)(C)C. The molecule has 3 rings (SSSR count). The molecule has 0 radical (unpaired) electrons. The Morgan fingerprint density at radius 3 is 2.55 bits per heavy atom. The molecule has 0 saturated heterocycles. The molecule has 0 fully saturated rings. The van der Waals surface area contributed by atoms with Crippen molar-refractivity contribution in [1.82, 2.24) is 14.8 Å². The van der Waals surface area contributed by atoms with Crippen LogP contribution in [-0.2, 0) is 16.6 Å². The second-order valence-corrected chi connectivity index (χ2v) is 10.0. The molecular weight excluding hydrogens is 418 g/mol. The van der Waals surface area contributed by atoms with Gasteiger partial charge < -0.3 is 13.7 Å². The first-order valence-electron chi connectivity index (χ1n) is 9.99. The van der Waals surface area contributed by atoms with Crippen molar-refractivity contribution < 1.29 is 22.1 Å². The van der Waals surface area contributed by atoms with E-state index in [0.717, 1.165) is 5.76 Å². The van der Waals surface area contributed by atoms with Gasteiger partial charge >= 0.3 is 0 Å². The average molecular weight is 448 g/mol. The molecule has 0 aliphatic heterocycles. The predicted molar refractivity (Wildman–Crippen MR) is 117 cm³/mol. The molecule has 0 unspecified atom stereocenters. The standard InChI is InChI=1S/C22H29N3O5S/c1-16-13-20(30-24-16)17-8-9-19(28-5)21(14-17)31(26,27)23-10-11-25(22(2,3)4)15-18-7-6-12-29-18/h6-9,12-14,23H,10-11,15H2,1-5H3. The van der Waals surface area contributed by atoms with Gasteiger partial charge in [-0.15, -0.1) is 0 Å². The van der Waals surface area contributed by atoms with Gasteiger partial charge in [0, 0.05) is 30.3 Å². The van der Waals surface area contributed by atoms with Crippen LogP contribution in [0.2, 0.25) is 0 Å². The second-order valence-electron chi connectivity index (χ2n) is 8.27. The summed E-state index contributed by atoms with van der Waals surface area (Å²) in [6, 6.07) is 10.4. The van der Waals surface area contributed by atoms with Crippen LogP contribution in [0.4, 0.5) is 0 Å². The molecule has 8 nitrogen and oxygen atoms in total. The Kier molecular flexibility index (Phi) is 6.88. The van der Waals surface area contributed by atoms with Gasteiger partial charge in [0.25, 0.3) is 0 Å². The van der Waals surface area contributed by atoms with E-state index in [1.165, 1.54) is 13.2 Å². The molecule has 2 aromatic heterocycles. The largest absolute Gasteiger partial charge is 0.495 e. The predicted octanol–water partition coefficient (Wildman–Crippen LogP) is 3.83. The summed E-state index contributed by atoms with van der Waals surface area (Å²) in [4.78, 5) is 2.20. The molecule has 168 valence electrons. The summed E-state index contributed by atoms with van der Waals surface area (Å²) in [7, 11) is -2.38. The maximum Gasteiger partial charge on any atom is 0.244 e. The number of rotatable bonds is 9. The molecule has 0 aliphatic rings. The van der Waals surface area contributed by atoms with Crippen LogP contribution in [0.5, 0.6) is 5.75 Å². The molecule has 0 atom stereocenters. The Bertz CT molecular complexity index is 1100. The maximum absolute atomic E-state index is 13.1. The number of aromatic nitrogens is 1. The van der Waals surface area contributed by atoms with Gasteiger partial charge in [-0.25, -0.2) is 13.1 Å². The third-order valence-corrected chi connectivity index (χ3v) is 6.40. The lowest BCUT2D eigenvalue weighted by Gasteiger charge is -2.35. The molecule has 9 heteroatoms. The zero-order valence-corrected chi connectivity index (χ0v) is 19.3. The Labute approximate surface area is 183 Å². The van der Waals surface area contributed by atoms with Crippen LogP contribution < -0.4 is 9.46 Å². The van der Waals surface area contributed by atoms with Crippen molar-refractivity contribution in [3.8, 4) is 17.1 Å². The smallest absolute Gasteiger partial charge is 0.244 e. The van der Waals surface area contributed by atoms with Gasteiger partial charge in [-0.05, 0) is 58.0 Å². The fraction of sp³-hybridized carbons (Fsp3) is 0.409. The molecule has 0 bridgehead atoms. The van der Waals surface area contributed by atoms with E-state index in [2.05, 4.69) is 35.5 Å². The molecule has 0 saturated carbocycles. The van der Waals surface area contributed by atoms with Gasteiger partial charge in [0.05, 0.1) is 25.6 Å². The van der Waals surface area contributed by atoms with Crippen LogP contribution >= 0.6 is 0 Å². The van der Waals surface area contributed by atoms with Crippen molar-refractivity contribution >= 4 is 10.0 Å². The van der Waals surface area contributed by atoms with E-state index in [4.69, 9.17) is 13.7 Å². The number of ether oxygens (including phenoxy) is 1. The van der Waals surface area contributed by atoms with Crippen molar-refractivity contribution in [2.45, 2.75) is 44.7 Å². The van der Waals surface area contributed by atoms with E-state index in [1.807, 2.05) is 12.1 Å². The highest BCUT2D eigenvalue weighted by Gasteiger charge is 2.25. The van der Waals surface area contributed by atoms with Crippen LogP contribution in [0.1, 0.15) is 32.2 Å². The number of furan rings is 1. The normalized spacial score (nSPS) is 12.5. The van der Waals surface area contributed by atoms with Crippen LogP contribution in [0.3, 0.4) is 0 Å². The average Bonchev–Trinajstić information content (AvgIpc) is 3.37. The zero-order chi connectivity index (χ0) is 22.6. The van der Waals surface area contributed by atoms with Gasteiger partial charge in [0.2, 0.25) is 10.0 Å². The first kappa shape index (κ1) is 23.1. The minimum Gasteiger partial charge on any atom is -0.495 e. The van der Waals surface area contributed by atoms with E-state index in [-0.39, 0.29) is 22.7 Å². The number of benzene rings is 1. The Balaban J connectivity index is 1.76. The third-order valence-electron chi connectivity index (χ3n) is 4.91. The summed E-state index contributed by atoms with van der Waals surface area (Å²) in [6.07, 6.45) is 1.63. The summed E-state index contributed by atoms with van der Waals surface area (Å²) < 4.78 is 44.9. The third kappa shape index (κ3) is 5.75. The first-order chi connectivity index (χ1) is 14.6. The minimum atomic E-state index is -3.82. The summed E-state index contributed by atoms with van der Waals surface area (Å²) in [6.45, 7) is 9.37. The van der Waals surface area contributed by atoms with E-state index >= 15 is 0 Å². The van der Waals surface area contributed by atoms with Crippen molar-refractivity contribution in [2.75, 3.05) is 20.2 Å². The molecule has 3 aromatic rings. The van der Waals surface area contributed by atoms with Gasteiger partial charge in [-0.3, -0.25) is 4.90 Å².